The van der Waals surface area contributed by atoms with Crippen molar-refractivity contribution in [1.29, 1.82) is 0 Å². The highest BCUT2D eigenvalue weighted by Gasteiger charge is 2.44. The van der Waals surface area contributed by atoms with Crippen molar-refractivity contribution in [2.24, 2.45) is 0 Å². The Morgan fingerprint density at radius 1 is 1.30 bits per heavy atom. The van der Waals surface area contributed by atoms with E-state index in [9.17, 15) is 9.90 Å². The predicted octanol–water partition coefficient (Wildman–Crippen LogP) is 2.92. The van der Waals surface area contributed by atoms with Crippen LogP contribution in [-0.4, -0.2) is 31.9 Å². The number of hydrogen-bond acceptors (Lipinski definition) is 3. The Bertz CT molecular complexity index is 463. The molecule has 1 aliphatic carbocycles. The Hall–Kier alpha value is -1.39. The second-order valence-corrected chi connectivity index (χ2v) is 5.36. The average Bonchev–Trinajstić information content (AvgIpc) is 2.95. The van der Waals surface area contributed by atoms with Gasteiger partial charge in [-0.3, -0.25) is 4.79 Å². The lowest BCUT2D eigenvalue weighted by Crippen LogP contribution is -2.34. The summed E-state index contributed by atoms with van der Waals surface area (Å²) >= 11 is 0. The summed E-state index contributed by atoms with van der Waals surface area (Å²) in [6.07, 6.45) is 3.09. The van der Waals surface area contributed by atoms with E-state index in [1.807, 2.05) is 24.3 Å². The van der Waals surface area contributed by atoms with E-state index < -0.39 is 11.4 Å². The molecule has 110 valence electrons. The minimum atomic E-state index is -0.763. The number of carboxylic acids is 1. The number of benzene rings is 1. The second kappa shape index (κ2) is 6.37. The maximum atomic E-state index is 11.9. The van der Waals surface area contributed by atoms with Gasteiger partial charge in [0.15, 0.2) is 0 Å². The van der Waals surface area contributed by atoms with Crippen LogP contribution < -0.4 is 0 Å². The minimum absolute atomic E-state index is 0.229. The first kappa shape index (κ1) is 15.0. The Kier molecular flexibility index (Phi) is 4.78. The van der Waals surface area contributed by atoms with E-state index in [1.165, 1.54) is 0 Å². The monoisotopic (exact) mass is 278 g/mol. The van der Waals surface area contributed by atoms with Gasteiger partial charge in [0.2, 0.25) is 0 Å². The van der Waals surface area contributed by atoms with Gasteiger partial charge in [0.1, 0.15) is 6.10 Å². The minimum Gasteiger partial charge on any atom is -0.481 e. The molecule has 4 heteroatoms. The summed E-state index contributed by atoms with van der Waals surface area (Å²) in [7, 11) is 3.25. The van der Waals surface area contributed by atoms with Crippen LogP contribution in [0.1, 0.15) is 42.9 Å². The molecule has 0 bridgehead atoms. The molecule has 1 aromatic rings. The molecule has 20 heavy (non-hydrogen) atoms. The normalized spacial score (nSPS) is 18.9. The molecule has 2 rings (SSSR count). The Balaban J connectivity index is 2.48. The number of ether oxygens (including phenoxy) is 2. The van der Waals surface area contributed by atoms with Crippen molar-refractivity contribution in [3.8, 4) is 0 Å². The molecule has 1 N–H and O–H groups in total. The van der Waals surface area contributed by atoms with Crippen LogP contribution in [0.5, 0.6) is 0 Å². The molecule has 1 aromatic carbocycles. The molecule has 0 aliphatic heterocycles. The van der Waals surface area contributed by atoms with Gasteiger partial charge in [-0.25, -0.2) is 0 Å². The van der Waals surface area contributed by atoms with Crippen molar-refractivity contribution in [2.75, 3.05) is 20.8 Å². The van der Waals surface area contributed by atoms with Crippen LogP contribution in [0.25, 0.3) is 0 Å². The van der Waals surface area contributed by atoms with Crippen LogP contribution in [-0.2, 0) is 19.7 Å². The summed E-state index contributed by atoms with van der Waals surface area (Å²) in [5.41, 5.74) is 1.05. The third-order valence-electron chi connectivity index (χ3n) is 4.29. The smallest absolute Gasteiger partial charge is 0.314 e. The van der Waals surface area contributed by atoms with Gasteiger partial charge >= 0.3 is 5.97 Å². The van der Waals surface area contributed by atoms with Gasteiger partial charge in [-0.2, -0.15) is 0 Å². The van der Waals surface area contributed by atoms with Crippen LogP contribution in [0, 0.1) is 0 Å². The molecule has 4 nitrogen and oxygen atoms in total. The molecule has 0 heterocycles. The highest BCUT2D eigenvalue weighted by Crippen LogP contribution is 2.44. The van der Waals surface area contributed by atoms with Gasteiger partial charge in [0, 0.05) is 14.2 Å². The first-order valence-corrected chi connectivity index (χ1v) is 7.00. The molecule has 0 amide bonds. The highest BCUT2D eigenvalue weighted by molar-refractivity contribution is 5.82. The van der Waals surface area contributed by atoms with E-state index in [0.29, 0.717) is 19.4 Å². The fourth-order valence-corrected chi connectivity index (χ4v) is 3.23. The number of carboxylic acid groups (broad SMARTS) is 1. The third-order valence-corrected chi connectivity index (χ3v) is 4.29. The van der Waals surface area contributed by atoms with Gasteiger partial charge in [-0.15, -0.1) is 0 Å². The number of aliphatic carboxylic acids is 1. The summed E-state index contributed by atoms with van der Waals surface area (Å²) in [4.78, 5) is 11.9. The van der Waals surface area contributed by atoms with E-state index in [2.05, 4.69) is 0 Å². The fourth-order valence-electron chi connectivity index (χ4n) is 3.23. The van der Waals surface area contributed by atoms with E-state index in [-0.39, 0.29) is 6.10 Å². The summed E-state index contributed by atoms with van der Waals surface area (Å²) < 4.78 is 10.7. The zero-order valence-corrected chi connectivity index (χ0v) is 12.1. The van der Waals surface area contributed by atoms with Gasteiger partial charge in [-0.05, 0) is 24.0 Å². The zero-order chi connectivity index (χ0) is 14.6. The topological polar surface area (TPSA) is 55.8 Å². The summed E-state index contributed by atoms with van der Waals surface area (Å²) in [6, 6.07) is 7.70. The van der Waals surface area contributed by atoms with Gasteiger partial charge in [-0.1, -0.05) is 37.1 Å². The van der Waals surface area contributed by atoms with Crippen LogP contribution in [0.3, 0.4) is 0 Å². The van der Waals surface area contributed by atoms with Crippen LogP contribution in [0.4, 0.5) is 0 Å². The van der Waals surface area contributed by atoms with Gasteiger partial charge in [0.05, 0.1) is 12.0 Å². The Labute approximate surface area is 119 Å². The largest absolute Gasteiger partial charge is 0.481 e. The van der Waals surface area contributed by atoms with Crippen molar-refractivity contribution in [3.63, 3.8) is 0 Å². The molecular weight excluding hydrogens is 256 g/mol. The van der Waals surface area contributed by atoms with Crippen molar-refractivity contribution in [3.05, 3.63) is 35.4 Å². The fraction of sp³-hybridized carbons (Fsp3) is 0.562. The maximum Gasteiger partial charge on any atom is 0.314 e. The van der Waals surface area contributed by atoms with Crippen molar-refractivity contribution >= 4 is 5.97 Å². The first-order valence-electron chi connectivity index (χ1n) is 7.00. The van der Waals surface area contributed by atoms with E-state index >= 15 is 0 Å². The first-order chi connectivity index (χ1) is 9.65. The second-order valence-electron chi connectivity index (χ2n) is 5.36. The van der Waals surface area contributed by atoms with Gasteiger partial charge in [0.25, 0.3) is 0 Å². The standard InChI is InChI=1S/C16H22O4/c1-19-11-14(20-2)12-7-3-4-8-13(12)16(15(17)18)9-5-6-10-16/h3-4,7-8,14H,5-6,9-11H2,1-2H3,(H,17,18). The van der Waals surface area contributed by atoms with Crippen LogP contribution >= 0.6 is 0 Å². The zero-order valence-electron chi connectivity index (χ0n) is 12.1. The highest BCUT2D eigenvalue weighted by atomic mass is 16.5. The number of rotatable bonds is 6. The lowest BCUT2D eigenvalue weighted by Gasteiger charge is -2.29. The van der Waals surface area contributed by atoms with E-state index in [0.717, 1.165) is 24.0 Å². The van der Waals surface area contributed by atoms with E-state index in [4.69, 9.17) is 9.47 Å². The molecule has 0 radical (unpaired) electrons. The molecule has 1 saturated carbocycles. The Morgan fingerprint density at radius 2 is 1.95 bits per heavy atom. The quantitative estimate of drug-likeness (QED) is 0.869. The summed E-state index contributed by atoms with van der Waals surface area (Å²) in [5, 5.41) is 9.75. The number of hydrogen-bond donors (Lipinski definition) is 1. The van der Waals surface area contributed by atoms with Crippen LogP contribution in [0.15, 0.2) is 24.3 Å². The molecule has 1 unspecified atom stereocenters. The molecule has 0 aromatic heterocycles. The van der Waals surface area contributed by atoms with E-state index in [1.54, 1.807) is 14.2 Å². The number of carbonyl (C=O) groups is 1. The summed E-state index contributed by atoms with van der Waals surface area (Å²) in [5.74, 6) is -0.727. The van der Waals surface area contributed by atoms with Gasteiger partial charge < -0.3 is 14.6 Å². The lowest BCUT2D eigenvalue weighted by molar-refractivity contribution is -0.143. The van der Waals surface area contributed by atoms with Crippen molar-refractivity contribution in [1.82, 2.24) is 0 Å². The molecule has 1 aliphatic rings. The maximum absolute atomic E-state index is 11.9. The van der Waals surface area contributed by atoms with Crippen molar-refractivity contribution in [2.45, 2.75) is 37.2 Å². The lowest BCUT2D eigenvalue weighted by atomic mass is 9.76. The SMILES string of the molecule is COCC(OC)c1ccccc1C1(C(=O)O)CCCC1. The molecular formula is C16H22O4. The average molecular weight is 278 g/mol. The Morgan fingerprint density at radius 3 is 2.50 bits per heavy atom. The molecule has 0 saturated heterocycles. The van der Waals surface area contributed by atoms with Crippen LogP contribution in [0.2, 0.25) is 0 Å². The number of methoxy groups -OCH3 is 2. The molecule has 1 fully saturated rings. The molecule has 0 spiro atoms. The summed E-state index contributed by atoms with van der Waals surface area (Å²) in [6.45, 7) is 0.420. The third kappa shape index (κ3) is 2.58. The van der Waals surface area contributed by atoms with Crippen molar-refractivity contribution < 1.29 is 19.4 Å². The predicted molar refractivity (Wildman–Crippen MR) is 75.8 cm³/mol. The molecule has 1 atom stereocenters.